The lowest BCUT2D eigenvalue weighted by Crippen LogP contribution is -2.29. The maximum atomic E-state index is 13.8. The van der Waals surface area contributed by atoms with Crippen molar-refractivity contribution in [2.24, 2.45) is 5.92 Å². The van der Waals surface area contributed by atoms with E-state index in [4.69, 9.17) is 4.74 Å². The Balaban J connectivity index is 0.00000380. The molecule has 0 radical (unpaired) electrons. The third-order valence-corrected chi connectivity index (χ3v) is 6.84. The fourth-order valence-corrected chi connectivity index (χ4v) is 4.86. The van der Waals surface area contributed by atoms with E-state index in [1.54, 1.807) is 25.4 Å². The van der Waals surface area contributed by atoms with Crippen molar-refractivity contribution in [2.75, 3.05) is 33.3 Å². The van der Waals surface area contributed by atoms with Crippen LogP contribution in [0.5, 0.6) is 5.75 Å². The number of nitrogens with zero attached hydrogens (tertiary/aromatic N) is 2. The van der Waals surface area contributed by atoms with Crippen LogP contribution in [0.15, 0.2) is 66.9 Å². The largest absolute Gasteiger partial charge is 0.496 e. The first-order chi connectivity index (χ1) is 17.6. The molecular weight excluding hydrogens is 489 g/mol. The lowest BCUT2D eigenvalue weighted by molar-refractivity contribution is 0.0952. The Labute approximate surface area is 225 Å². The minimum atomic E-state index is -0.201. The highest BCUT2D eigenvalue weighted by atomic mass is 35.5. The summed E-state index contributed by atoms with van der Waals surface area (Å²) in [6, 6.07) is 18.2. The number of rotatable bonds is 13. The van der Waals surface area contributed by atoms with Crippen molar-refractivity contribution in [1.82, 2.24) is 15.2 Å². The molecule has 1 fully saturated rings. The fourth-order valence-electron chi connectivity index (χ4n) is 4.86. The first kappa shape index (κ1) is 28.6. The average Bonchev–Trinajstić information content (AvgIpc) is 3.68. The van der Waals surface area contributed by atoms with Gasteiger partial charge in [-0.05, 0) is 93.1 Å². The standard InChI is InChI=1S/C30H36FN3O2.ClH/c1-3-17-34(21-24-19-26(24)27-20-25(31)13-14-29(27)36-2)18-7-6-16-33-30(35)23-11-9-22(10-12-23)28-8-4-5-15-32-28;/h4-5,8-15,20,24,26H,3,6-7,16-19,21H2,1-2H3,(H,33,35);1H/t24-,26+;/m0./s1. The van der Waals surface area contributed by atoms with Gasteiger partial charge in [-0.25, -0.2) is 4.39 Å². The number of methoxy groups -OCH3 is 1. The molecule has 7 heteroatoms. The van der Waals surface area contributed by atoms with Crippen LogP contribution in [0, 0.1) is 11.7 Å². The van der Waals surface area contributed by atoms with Crippen molar-refractivity contribution in [3.8, 4) is 17.0 Å². The molecule has 4 rings (SSSR count). The maximum absolute atomic E-state index is 13.8. The van der Waals surface area contributed by atoms with Gasteiger partial charge in [0.05, 0.1) is 12.8 Å². The van der Waals surface area contributed by atoms with E-state index in [-0.39, 0.29) is 24.1 Å². The van der Waals surface area contributed by atoms with Gasteiger partial charge < -0.3 is 15.0 Å². The van der Waals surface area contributed by atoms with Crippen molar-refractivity contribution >= 4 is 18.3 Å². The zero-order valence-electron chi connectivity index (χ0n) is 21.7. The average molecular weight is 526 g/mol. The molecule has 198 valence electrons. The molecule has 1 aliphatic rings. The highest BCUT2D eigenvalue weighted by Crippen LogP contribution is 2.50. The predicted octanol–water partition coefficient (Wildman–Crippen LogP) is 6.34. The van der Waals surface area contributed by atoms with E-state index >= 15 is 0 Å². The van der Waals surface area contributed by atoms with Crippen LogP contribution in [-0.4, -0.2) is 49.1 Å². The monoisotopic (exact) mass is 525 g/mol. The van der Waals surface area contributed by atoms with Gasteiger partial charge in [0.2, 0.25) is 0 Å². The summed E-state index contributed by atoms with van der Waals surface area (Å²) in [5.41, 5.74) is 3.55. The summed E-state index contributed by atoms with van der Waals surface area (Å²) >= 11 is 0. The number of nitrogens with one attached hydrogen (secondary N) is 1. The number of benzene rings is 2. The second kappa shape index (κ2) is 14.1. The molecule has 0 spiro atoms. The topological polar surface area (TPSA) is 54.5 Å². The maximum Gasteiger partial charge on any atom is 0.251 e. The summed E-state index contributed by atoms with van der Waals surface area (Å²) in [5.74, 6) is 1.46. The molecule has 0 unspecified atom stereocenters. The van der Waals surface area contributed by atoms with Gasteiger partial charge in [0, 0.05) is 36.0 Å². The number of hydrogen-bond acceptors (Lipinski definition) is 4. The Kier molecular flexibility index (Phi) is 10.9. The van der Waals surface area contributed by atoms with E-state index in [2.05, 4.69) is 22.1 Å². The van der Waals surface area contributed by atoms with E-state index < -0.39 is 0 Å². The molecule has 1 saturated carbocycles. The van der Waals surface area contributed by atoms with E-state index in [9.17, 15) is 9.18 Å². The van der Waals surface area contributed by atoms with Crippen molar-refractivity contribution in [3.63, 3.8) is 0 Å². The van der Waals surface area contributed by atoms with Crippen LogP contribution in [0.1, 0.15) is 54.4 Å². The van der Waals surface area contributed by atoms with Crippen molar-refractivity contribution in [1.29, 1.82) is 0 Å². The summed E-state index contributed by atoms with van der Waals surface area (Å²) in [7, 11) is 1.65. The van der Waals surface area contributed by atoms with Crippen molar-refractivity contribution in [2.45, 2.75) is 38.5 Å². The van der Waals surface area contributed by atoms with Gasteiger partial charge in [-0.1, -0.05) is 25.1 Å². The molecule has 37 heavy (non-hydrogen) atoms. The minimum absolute atomic E-state index is 0. The van der Waals surface area contributed by atoms with Crippen LogP contribution in [0.25, 0.3) is 11.3 Å². The zero-order chi connectivity index (χ0) is 25.3. The highest BCUT2D eigenvalue weighted by molar-refractivity contribution is 5.94. The molecule has 2 atom stereocenters. The van der Waals surface area contributed by atoms with Crippen LogP contribution in [0.2, 0.25) is 0 Å². The smallest absolute Gasteiger partial charge is 0.251 e. The number of aromatic nitrogens is 1. The number of carbonyl (C=O) groups is 1. The number of carbonyl (C=O) groups excluding carboxylic acids is 1. The third-order valence-electron chi connectivity index (χ3n) is 6.84. The van der Waals surface area contributed by atoms with Crippen LogP contribution in [-0.2, 0) is 0 Å². The quantitative estimate of drug-likeness (QED) is 0.264. The van der Waals surface area contributed by atoms with Crippen LogP contribution >= 0.6 is 12.4 Å². The van der Waals surface area contributed by atoms with Gasteiger partial charge in [-0.2, -0.15) is 0 Å². The normalized spacial score (nSPS) is 16.2. The second-order valence-electron chi connectivity index (χ2n) is 9.54. The number of ether oxygens (including phenoxy) is 1. The SMILES string of the molecule is CCCN(CCCCNC(=O)c1ccc(-c2ccccn2)cc1)C[C@@H]1C[C@H]1c1cc(F)ccc1OC.Cl. The summed E-state index contributed by atoms with van der Waals surface area (Å²) < 4.78 is 19.2. The van der Waals surface area contributed by atoms with Gasteiger partial charge in [-0.3, -0.25) is 9.78 Å². The fraction of sp³-hybridized carbons (Fsp3) is 0.400. The van der Waals surface area contributed by atoms with Gasteiger partial charge in [0.25, 0.3) is 5.91 Å². The molecule has 0 bridgehead atoms. The molecule has 2 aromatic carbocycles. The highest BCUT2D eigenvalue weighted by Gasteiger charge is 2.40. The summed E-state index contributed by atoms with van der Waals surface area (Å²) in [6.07, 6.45) is 5.91. The Morgan fingerprint density at radius 2 is 1.92 bits per heavy atom. The molecule has 5 nitrogen and oxygen atoms in total. The van der Waals surface area contributed by atoms with E-state index in [0.29, 0.717) is 23.9 Å². The first-order valence-corrected chi connectivity index (χ1v) is 12.9. The van der Waals surface area contributed by atoms with Crippen molar-refractivity contribution < 1.29 is 13.9 Å². The van der Waals surface area contributed by atoms with E-state index in [1.807, 2.05) is 42.5 Å². The van der Waals surface area contributed by atoms with Gasteiger partial charge in [0.15, 0.2) is 0 Å². The molecule has 1 aromatic heterocycles. The molecule has 1 N–H and O–H groups in total. The summed E-state index contributed by atoms with van der Waals surface area (Å²) in [5, 5.41) is 3.04. The number of halogens is 2. The van der Waals surface area contributed by atoms with E-state index in [1.165, 1.54) is 6.07 Å². The lowest BCUT2D eigenvalue weighted by Gasteiger charge is -2.22. The Morgan fingerprint density at radius 1 is 1.11 bits per heavy atom. The molecule has 3 aromatic rings. The molecule has 0 saturated heterocycles. The van der Waals surface area contributed by atoms with Crippen LogP contribution in [0.3, 0.4) is 0 Å². The van der Waals surface area contributed by atoms with Crippen LogP contribution < -0.4 is 10.1 Å². The molecule has 1 aliphatic carbocycles. The minimum Gasteiger partial charge on any atom is -0.496 e. The molecule has 1 amide bonds. The third kappa shape index (κ3) is 8.01. The number of pyridine rings is 1. The second-order valence-corrected chi connectivity index (χ2v) is 9.54. The zero-order valence-corrected chi connectivity index (χ0v) is 22.5. The number of unbranched alkanes of at least 4 members (excludes halogenated alkanes) is 1. The van der Waals surface area contributed by atoms with Crippen LogP contribution in [0.4, 0.5) is 4.39 Å². The Hall–Kier alpha value is -2.96. The Bertz CT molecular complexity index is 1130. The Morgan fingerprint density at radius 3 is 2.62 bits per heavy atom. The van der Waals surface area contributed by atoms with Gasteiger partial charge >= 0.3 is 0 Å². The summed E-state index contributed by atoms with van der Waals surface area (Å²) in [6.45, 7) is 5.94. The van der Waals surface area contributed by atoms with E-state index in [0.717, 1.165) is 67.9 Å². The molecule has 0 aliphatic heterocycles. The molecule has 1 heterocycles. The van der Waals surface area contributed by atoms with Crippen molar-refractivity contribution in [3.05, 3.63) is 83.8 Å². The van der Waals surface area contributed by atoms with Gasteiger partial charge in [0.1, 0.15) is 11.6 Å². The number of hydrogen-bond donors (Lipinski definition) is 1. The first-order valence-electron chi connectivity index (χ1n) is 12.9. The molecular formula is C30H37ClFN3O2. The number of amides is 1. The summed E-state index contributed by atoms with van der Waals surface area (Å²) in [4.78, 5) is 19.4. The lowest BCUT2D eigenvalue weighted by atomic mass is 10.1. The van der Waals surface area contributed by atoms with Gasteiger partial charge in [-0.15, -0.1) is 12.4 Å². The predicted molar refractivity (Wildman–Crippen MR) is 149 cm³/mol.